The van der Waals surface area contributed by atoms with Crippen molar-refractivity contribution in [3.05, 3.63) is 58.5 Å². The molecule has 0 unspecified atom stereocenters. The van der Waals surface area contributed by atoms with Gasteiger partial charge in [-0.15, -0.1) is 0 Å². The number of carbonyl (C=O) groups is 1. The fourth-order valence-electron chi connectivity index (χ4n) is 2.07. The van der Waals surface area contributed by atoms with Crippen molar-refractivity contribution in [2.75, 3.05) is 5.32 Å². The molecule has 0 saturated carbocycles. The summed E-state index contributed by atoms with van der Waals surface area (Å²) >= 11 is 0. The van der Waals surface area contributed by atoms with E-state index in [2.05, 4.69) is 5.32 Å². The van der Waals surface area contributed by atoms with E-state index in [4.69, 9.17) is 4.74 Å². The number of halogens is 2. The summed E-state index contributed by atoms with van der Waals surface area (Å²) in [5.41, 5.74) is 0.301. The standard InChI is InChI=1S/C17H18F2N2O3/c1-3-8-21-10-12(4-7-16(21)22)20-17(23)11(2)24-13-5-6-14(18)15(19)9-13/h4-7,9-11H,3,8H2,1-2H3,(H,20,23)/t11-/m1/s1. The first-order chi connectivity index (χ1) is 11.4. The highest BCUT2D eigenvalue weighted by atomic mass is 19.2. The highest BCUT2D eigenvalue weighted by Gasteiger charge is 2.16. The van der Waals surface area contributed by atoms with Crippen molar-refractivity contribution in [3.8, 4) is 5.75 Å². The molecule has 5 nitrogen and oxygen atoms in total. The van der Waals surface area contributed by atoms with Crippen molar-refractivity contribution in [2.24, 2.45) is 0 Å². The molecule has 0 aliphatic rings. The van der Waals surface area contributed by atoms with Crippen molar-refractivity contribution in [1.82, 2.24) is 4.57 Å². The Balaban J connectivity index is 2.04. The van der Waals surface area contributed by atoms with Crippen LogP contribution in [0.2, 0.25) is 0 Å². The molecule has 2 rings (SSSR count). The minimum atomic E-state index is -1.05. The van der Waals surface area contributed by atoms with E-state index in [1.54, 1.807) is 6.20 Å². The molecule has 0 spiro atoms. The average Bonchev–Trinajstić information content (AvgIpc) is 2.54. The normalized spacial score (nSPS) is 11.8. The number of nitrogens with zero attached hydrogens (tertiary/aromatic N) is 1. The fraction of sp³-hybridized carbons (Fsp3) is 0.294. The number of hydrogen-bond acceptors (Lipinski definition) is 3. The number of anilines is 1. The second-order valence-corrected chi connectivity index (χ2v) is 5.27. The quantitative estimate of drug-likeness (QED) is 0.882. The Bertz CT molecular complexity index is 790. The highest BCUT2D eigenvalue weighted by Crippen LogP contribution is 2.17. The molecule has 24 heavy (non-hydrogen) atoms. The Kier molecular flexibility index (Phi) is 5.68. The number of pyridine rings is 1. The maximum atomic E-state index is 13.1. The van der Waals surface area contributed by atoms with Gasteiger partial charge in [0.15, 0.2) is 17.7 Å². The first-order valence-electron chi connectivity index (χ1n) is 7.53. The van der Waals surface area contributed by atoms with E-state index in [-0.39, 0.29) is 11.3 Å². The van der Waals surface area contributed by atoms with E-state index in [1.807, 2.05) is 6.92 Å². The third kappa shape index (κ3) is 4.41. The van der Waals surface area contributed by atoms with Crippen LogP contribution in [0.25, 0.3) is 0 Å². The number of ether oxygens (including phenoxy) is 1. The highest BCUT2D eigenvalue weighted by molar-refractivity contribution is 5.93. The molecular weight excluding hydrogens is 318 g/mol. The van der Waals surface area contributed by atoms with Crippen LogP contribution < -0.4 is 15.6 Å². The first kappa shape index (κ1) is 17.7. The number of benzene rings is 1. The maximum absolute atomic E-state index is 13.1. The van der Waals surface area contributed by atoms with Gasteiger partial charge in [-0.2, -0.15) is 0 Å². The predicted octanol–water partition coefficient (Wildman–Crippen LogP) is 2.94. The second kappa shape index (κ2) is 7.72. The van der Waals surface area contributed by atoms with Crippen LogP contribution in [0.15, 0.2) is 41.3 Å². The van der Waals surface area contributed by atoms with Crippen LogP contribution in [-0.4, -0.2) is 16.6 Å². The summed E-state index contributed by atoms with van der Waals surface area (Å²) in [6.07, 6.45) is 1.41. The molecule has 0 saturated heterocycles. The van der Waals surface area contributed by atoms with Gasteiger partial charge in [-0.05, 0) is 31.5 Å². The van der Waals surface area contributed by atoms with Gasteiger partial charge < -0.3 is 14.6 Å². The average molecular weight is 336 g/mol. The van der Waals surface area contributed by atoms with Gasteiger partial charge in [0.2, 0.25) is 0 Å². The number of aryl methyl sites for hydroxylation is 1. The van der Waals surface area contributed by atoms with Gasteiger partial charge in [0, 0.05) is 24.9 Å². The zero-order chi connectivity index (χ0) is 17.7. The van der Waals surface area contributed by atoms with Crippen LogP contribution >= 0.6 is 0 Å². The molecule has 1 amide bonds. The van der Waals surface area contributed by atoms with E-state index in [0.717, 1.165) is 18.6 Å². The number of rotatable bonds is 6. The molecule has 1 N–H and O–H groups in total. The molecule has 0 aliphatic heterocycles. The van der Waals surface area contributed by atoms with Crippen LogP contribution in [0.3, 0.4) is 0 Å². The van der Waals surface area contributed by atoms with Gasteiger partial charge in [0.25, 0.3) is 11.5 Å². The van der Waals surface area contributed by atoms with Gasteiger partial charge in [-0.3, -0.25) is 9.59 Å². The molecule has 0 bridgehead atoms. The Labute approximate surface area is 137 Å². The summed E-state index contributed by atoms with van der Waals surface area (Å²) in [6.45, 7) is 3.97. The summed E-state index contributed by atoms with van der Waals surface area (Å²) in [4.78, 5) is 23.8. The van der Waals surface area contributed by atoms with Crippen LogP contribution in [0.5, 0.6) is 5.75 Å². The summed E-state index contributed by atoms with van der Waals surface area (Å²) in [5.74, 6) is -2.46. The third-order valence-corrected chi connectivity index (χ3v) is 3.29. The SMILES string of the molecule is CCCn1cc(NC(=O)[C@@H](C)Oc2ccc(F)c(F)c2)ccc1=O. The number of hydrogen-bond donors (Lipinski definition) is 1. The number of amides is 1. The molecule has 0 radical (unpaired) electrons. The lowest BCUT2D eigenvalue weighted by atomic mass is 10.3. The molecule has 1 heterocycles. The van der Waals surface area contributed by atoms with Gasteiger partial charge >= 0.3 is 0 Å². The summed E-state index contributed by atoms with van der Waals surface area (Å²) in [5, 5.41) is 2.62. The van der Waals surface area contributed by atoms with Crippen LogP contribution in [-0.2, 0) is 11.3 Å². The minimum Gasteiger partial charge on any atom is -0.481 e. The fourth-order valence-corrected chi connectivity index (χ4v) is 2.07. The van der Waals surface area contributed by atoms with Crippen molar-refractivity contribution in [1.29, 1.82) is 0 Å². The second-order valence-electron chi connectivity index (χ2n) is 5.27. The lowest BCUT2D eigenvalue weighted by Gasteiger charge is -2.15. The predicted molar refractivity (Wildman–Crippen MR) is 86.1 cm³/mol. The number of aromatic nitrogens is 1. The van der Waals surface area contributed by atoms with Gasteiger partial charge in [-0.1, -0.05) is 6.92 Å². The molecular formula is C17H18F2N2O3. The smallest absolute Gasteiger partial charge is 0.265 e. The first-order valence-corrected chi connectivity index (χ1v) is 7.53. The van der Waals surface area contributed by atoms with Crippen molar-refractivity contribution in [3.63, 3.8) is 0 Å². The van der Waals surface area contributed by atoms with Crippen molar-refractivity contribution < 1.29 is 18.3 Å². The van der Waals surface area contributed by atoms with Crippen molar-refractivity contribution >= 4 is 11.6 Å². The summed E-state index contributed by atoms with van der Waals surface area (Å²) in [7, 11) is 0. The Morgan fingerprint density at radius 3 is 2.67 bits per heavy atom. The minimum absolute atomic E-state index is 0.0486. The summed E-state index contributed by atoms with van der Waals surface area (Å²) in [6, 6.07) is 5.91. The molecule has 7 heteroatoms. The van der Waals surface area contributed by atoms with E-state index in [0.29, 0.717) is 12.2 Å². The van der Waals surface area contributed by atoms with Crippen LogP contribution in [0.1, 0.15) is 20.3 Å². The van der Waals surface area contributed by atoms with E-state index >= 15 is 0 Å². The molecule has 1 aromatic carbocycles. The lowest BCUT2D eigenvalue weighted by molar-refractivity contribution is -0.122. The van der Waals surface area contributed by atoms with Crippen molar-refractivity contribution in [2.45, 2.75) is 32.9 Å². The van der Waals surface area contributed by atoms with E-state index in [1.165, 1.54) is 29.7 Å². The molecule has 1 aromatic heterocycles. The Morgan fingerprint density at radius 2 is 2.00 bits per heavy atom. The van der Waals surface area contributed by atoms with Gasteiger partial charge in [0.05, 0.1) is 5.69 Å². The monoisotopic (exact) mass is 336 g/mol. The largest absolute Gasteiger partial charge is 0.481 e. The van der Waals surface area contributed by atoms with E-state index < -0.39 is 23.6 Å². The lowest BCUT2D eigenvalue weighted by Crippen LogP contribution is -2.31. The van der Waals surface area contributed by atoms with Gasteiger partial charge in [-0.25, -0.2) is 8.78 Å². The number of carbonyl (C=O) groups excluding carboxylic acids is 1. The summed E-state index contributed by atoms with van der Waals surface area (Å²) < 4.78 is 32.8. The Morgan fingerprint density at radius 1 is 1.25 bits per heavy atom. The molecule has 2 aromatic rings. The zero-order valence-electron chi connectivity index (χ0n) is 13.4. The Hall–Kier alpha value is -2.70. The van der Waals surface area contributed by atoms with E-state index in [9.17, 15) is 18.4 Å². The van der Waals surface area contributed by atoms with Crippen LogP contribution in [0.4, 0.5) is 14.5 Å². The molecule has 0 aliphatic carbocycles. The molecule has 128 valence electrons. The van der Waals surface area contributed by atoms with Gasteiger partial charge in [0.1, 0.15) is 5.75 Å². The van der Waals surface area contributed by atoms with Crippen LogP contribution in [0, 0.1) is 11.6 Å². The maximum Gasteiger partial charge on any atom is 0.265 e. The third-order valence-electron chi connectivity index (χ3n) is 3.29. The molecule has 1 atom stereocenters. The zero-order valence-corrected chi connectivity index (χ0v) is 13.4. The topological polar surface area (TPSA) is 60.3 Å². The molecule has 0 fully saturated rings. The number of nitrogens with one attached hydrogen (secondary N) is 1.